The first-order valence-electron chi connectivity index (χ1n) is 7.68. The lowest BCUT2D eigenvalue weighted by Gasteiger charge is -2.41. The maximum atomic E-state index is 12.7. The molecule has 2 aliphatic carbocycles. The van der Waals surface area contributed by atoms with Crippen LogP contribution in [0.25, 0.3) is 0 Å². The fraction of sp³-hybridized carbons (Fsp3) is 0.867. The van der Waals surface area contributed by atoms with Crippen molar-refractivity contribution < 1.29 is 9.53 Å². The minimum Gasteiger partial charge on any atom is -0.392 e. The highest BCUT2D eigenvalue weighted by molar-refractivity contribution is 7.80. The molecule has 0 spiro atoms. The molecule has 20 heavy (non-hydrogen) atoms. The molecule has 0 saturated heterocycles. The smallest absolute Gasteiger partial charge is 0.233 e. The van der Waals surface area contributed by atoms with Crippen molar-refractivity contribution in [3.05, 3.63) is 0 Å². The van der Waals surface area contributed by atoms with Crippen LogP contribution in [0.5, 0.6) is 0 Å². The highest BCUT2D eigenvalue weighted by Gasteiger charge is 2.43. The van der Waals surface area contributed by atoms with E-state index in [1.807, 2.05) is 0 Å². The molecule has 5 heteroatoms. The van der Waals surface area contributed by atoms with Crippen LogP contribution in [-0.2, 0) is 9.53 Å². The summed E-state index contributed by atoms with van der Waals surface area (Å²) in [5.41, 5.74) is 5.14. The highest BCUT2D eigenvalue weighted by Crippen LogP contribution is 2.37. The summed E-state index contributed by atoms with van der Waals surface area (Å²) in [7, 11) is 1.72. The molecule has 0 bridgehead atoms. The molecule has 3 N–H and O–H groups in total. The van der Waals surface area contributed by atoms with Gasteiger partial charge in [-0.05, 0) is 32.1 Å². The Bertz CT molecular complexity index is 367. The van der Waals surface area contributed by atoms with Crippen molar-refractivity contribution in [1.29, 1.82) is 0 Å². The zero-order chi connectivity index (χ0) is 14.6. The number of hydrogen-bond acceptors (Lipinski definition) is 3. The van der Waals surface area contributed by atoms with Gasteiger partial charge in [-0.3, -0.25) is 4.79 Å². The zero-order valence-electron chi connectivity index (χ0n) is 12.4. The van der Waals surface area contributed by atoms with Gasteiger partial charge in [0.05, 0.1) is 16.0 Å². The number of carbonyl (C=O) groups is 1. The Morgan fingerprint density at radius 2 is 1.75 bits per heavy atom. The van der Waals surface area contributed by atoms with E-state index in [-0.39, 0.29) is 11.5 Å². The van der Waals surface area contributed by atoms with Crippen LogP contribution in [0, 0.1) is 5.41 Å². The summed E-state index contributed by atoms with van der Waals surface area (Å²) >= 11 is 5.23. The molecule has 0 heterocycles. The van der Waals surface area contributed by atoms with E-state index in [9.17, 15) is 4.79 Å². The number of carbonyl (C=O) groups excluding carboxylic acids is 1. The predicted molar refractivity (Wildman–Crippen MR) is 83.5 cm³/mol. The Kier molecular flexibility index (Phi) is 5.02. The van der Waals surface area contributed by atoms with Gasteiger partial charge in [-0.15, -0.1) is 0 Å². The molecule has 2 aliphatic rings. The molecule has 0 unspecified atom stereocenters. The summed E-state index contributed by atoms with van der Waals surface area (Å²) in [4.78, 5) is 13.0. The summed E-state index contributed by atoms with van der Waals surface area (Å²) in [5.74, 6) is 0.00947. The molecule has 114 valence electrons. The lowest BCUT2D eigenvalue weighted by atomic mass is 9.77. The summed E-state index contributed by atoms with van der Waals surface area (Å²) in [6.07, 6.45) is 9.17. The van der Waals surface area contributed by atoms with Crippen LogP contribution in [0.4, 0.5) is 0 Å². The average molecular weight is 298 g/mol. The van der Waals surface area contributed by atoms with Crippen LogP contribution >= 0.6 is 12.2 Å². The number of amides is 1. The summed E-state index contributed by atoms with van der Waals surface area (Å²) in [6.45, 7) is 0.576. The molecule has 2 rings (SSSR count). The summed E-state index contributed by atoms with van der Waals surface area (Å²) in [6, 6.07) is 0. The van der Waals surface area contributed by atoms with Crippen LogP contribution in [0.1, 0.15) is 57.8 Å². The number of nitrogens with one attached hydrogen (secondary N) is 1. The lowest BCUT2D eigenvalue weighted by Crippen LogP contribution is -2.55. The number of methoxy groups -OCH3 is 1. The molecule has 0 atom stereocenters. The van der Waals surface area contributed by atoms with E-state index >= 15 is 0 Å². The van der Waals surface area contributed by atoms with Gasteiger partial charge in [0.25, 0.3) is 0 Å². The fourth-order valence-electron chi connectivity index (χ4n) is 3.35. The van der Waals surface area contributed by atoms with Gasteiger partial charge < -0.3 is 15.8 Å². The van der Waals surface area contributed by atoms with Gasteiger partial charge in [0.2, 0.25) is 5.91 Å². The van der Waals surface area contributed by atoms with Crippen LogP contribution in [-0.4, -0.2) is 30.2 Å². The standard InChI is InChI=1S/C15H26N2O2S/c1-19-14(7-6-8-14)11-17-13(18)15(12(16)20)9-4-2-3-5-10-15/h2-11H2,1H3,(H2,16,20)(H,17,18). The molecule has 0 aliphatic heterocycles. The average Bonchev–Trinajstić information content (AvgIpc) is 2.64. The Hall–Kier alpha value is -0.680. The quantitative estimate of drug-likeness (QED) is 0.604. The minimum atomic E-state index is -0.634. The predicted octanol–water partition coefficient (Wildman–Crippen LogP) is 2.30. The molecular formula is C15H26N2O2S. The van der Waals surface area contributed by atoms with Gasteiger partial charge in [0, 0.05) is 13.7 Å². The molecule has 0 aromatic carbocycles. The van der Waals surface area contributed by atoms with Crippen LogP contribution in [0.15, 0.2) is 0 Å². The highest BCUT2D eigenvalue weighted by atomic mass is 32.1. The van der Waals surface area contributed by atoms with E-state index in [0.717, 1.165) is 38.5 Å². The zero-order valence-corrected chi connectivity index (χ0v) is 13.2. The number of ether oxygens (including phenoxy) is 1. The third-order valence-electron chi connectivity index (χ3n) is 5.13. The van der Waals surface area contributed by atoms with Gasteiger partial charge >= 0.3 is 0 Å². The fourth-order valence-corrected chi connectivity index (χ4v) is 3.65. The van der Waals surface area contributed by atoms with E-state index in [2.05, 4.69) is 5.32 Å². The first kappa shape index (κ1) is 15.7. The molecule has 1 amide bonds. The topological polar surface area (TPSA) is 64.3 Å². The number of nitrogens with two attached hydrogens (primary N) is 1. The largest absolute Gasteiger partial charge is 0.392 e. The van der Waals surface area contributed by atoms with E-state index in [1.54, 1.807) is 7.11 Å². The van der Waals surface area contributed by atoms with Crippen LogP contribution < -0.4 is 11.1 Å². The van der Waals surface area contributed by atoms with E-state index in [4.69, 9.17) is 22.7 Å². The molecule has 0 aromatic heterocycles. The maximum absolute atomic E-state index is 12.7. The normalized spacial score (nSPS) is 24.2. The van der Waals surface area contributed by atoms with Gasteiger partial charge in [-0.2, -0.15) is 0 Å². The number of hydrogen-bond donors (Lipinski definition) is 2. The van der Waals surface area contributed by atoms with E-state index < -0.39 is 5.41 Å². The van der Waals surface area contributed by atoms with E-state index in [0.29, 0.717) is 11.5 Å². The van der Waals surface area contributed by atoms with Crippen molar-refractivity contribution in [2.75, 3.05) is 13.7 Å². The van der Waals surface area contributed by atoms with Crippen LogP contribution in [0.2, 0.25) is 0 Å². The first-order chi connectivity index (χ1) is 9.55. The molecule has 0 aromatic rings. The van der Waals surface area contributed by atoms with Gasteiger partial charge in [-0.25, -0.2) is 0 Å². The number of thiocarbonyl (C=S) groups is 1. The molecule has 0 radical (unpaired) electrons. The SMILES string of the molecule is COC1(CNC(=O)C2(C(N)=S)CCCCCC2)CCC1. The van der Waals surface area contributed by atoms with Gasteiger partial charge in [0.1, 0.15) is 0 Å². The van der Waals surface area contributed by atoms with Crippen molar-refractivity contribution in [2.45, 2.75) is 63.4 Å². The van der Waals surface area contributed by atoms with Crippen molar-refractivity contribution in [3.8, 4) is 0 Å². The second kappa shape index (κ2) is 6.39. The van der Waals surface area contributed by atoms with Crippen molar-refractivity contribution in [3.63, 3.8) is 0 Å². The summed E-state index contributed by atoms with van der Waals surface area (Å²) < 4.78 is 5.55. The van der Waals surface area contributed by atoms with Gasteiger partial charge in [-0.1, -0.05) is 37.9 Å². The molecule has 2 saturated carbocycles. The third-order valence-corrected chi connectivity index (χ3v) is 5.52. The van der Waals surface area contributed by atoms with E-state index in [1.165, 1.54) is 19.3 Å². The van der Waals surface area contributed by atoms with Crippen molar-refractivity contribution in [1.82, 2.24) is 5.32 Å². The number of rotatable bonds is 5. The van der Waals surface area contributed by atoms with Gasteiger partial charge in [0.15, 0.2) is 0 Å². The Labute approximate surface area is 126 Å². The second-order valence-electron chi connectivity index (χ2n) is 6.28. The first-order valence-corrected chi connectivity index (χ1v) is 8.09. The molecule has 4 nitrogen and oxygen atoms in total. The third kappa shape index (κ3) is 2.98. The lowest BCUT2D eigenvalue weighted by molar-refractivity contribution is -0.131. The molecule has 2 fully saturated rings. The maximum Gasteiger partial charge on any atom is 0.233 e. The van der Waals surface area contributed by atoms with Crippen LogP contribution in [0.3, 0.4) is 0 Å². The monoisotopic (exact) mass is 298 g/mol. The van der Waals surface area contributed by atoms with Crippen molar-refractivity contribution in [2.24, 2.45) is 11.1 Å². The minimum absolute atomic E-state index is 0.00947. The second-order valence-corrected chi connectivity index (χ2v) is 6.72. The molecular weight excluding hydrogens is 272 g/mol. The Morgan fingerprint density at radius 3 is 2.15 bits per heavy atom. The summed E-state index contributed by atoms with van der Waals surface area (Å²) in [5, 5.41) is 3.06. The van der Waals surface area contributed by atoms with Crippen molar-refractivity contribution >= 4 is 23.1 Å². The Morgan fingerprint density at radius 1 is 1.15 bits per heavy atom. The Balaban J connectivity index is 2.01.